The zero-order valence-corrected chi connectivity index (χ0v) is 12.9. The van der Waals surface area contributed by atoms with Crippen LogP contribution in [0.4, 0.5) is 0 Å². The van der Waals surface area contributed by atoms with Gasteiger partial charge in [0.2, 0.25) is 0 Å². The third-order valence-corrected chi connectivity index (χ3v) is 3.86. The van der Waals surface area contributed by atoms with E-state index >= 15 is 0 Å². The molecule has 1 fully saturated rings. The number of nitrogens with zero attached hydrogens (tertiary/aromatic N) is 3. The van der Waals surface area contributed by atoms with Gasteiger partial charge in [0.25, 0.3) is 17.0 Å². The van der Waals surface area contributed by atoms with Crippen molar-refractivity contribution >= 4 is 5.91 Å². The average Bonchev–Trinajstić information content (AvgIpc) is 3.36. The average molecular weight is 314 g/mol. The topological polar surface area (TPSA) is 86.0 Å². The molecule has 0 aliphatic heterocycles. The van der Waals surface area contributed by atoms with E-state index in [1.165, 1.54) is 21.4 Å². The summed E-state index contributed by atoms with van der Waals surface area (Å²) in [5, 5.41) is 6.98. The Bertz CT molecular complexity index is 849. The first-order valence-corrected chi connectivity index (χ1v) is 7.58. The van der Waals surface area contributed by atoms with Gasteiger partial charge in [0.15, 0.2) is 0 Å². The zero-order chi connectivity index (χ0) is 16.4. The number of aromatic nitrogens is 3. The lowest BCUT2D eigenvalue weighted by molar-refractivity contribution is 0.0949. The monoisotopic (exact) mass is 314 g/mol. The molecule has 0 saturated heterocycles. The summed E-state index contributed by atoms with van der Waals surface area (Å²) >= 11 is 0. The fraction of sp³-hybridized carbons (Fsp3) is 0.375. The molecule has 7 heteroatoms. The van der Waals surface area contributed by atoms with E-state index in [2.05, 4.69) is 10.4 Å². The van der Waals surface area contributed by atoms with E-state index in [0.717, 1.165) is 18.5 Å². The molecule has 120 valence electrons. The molecule has 0 atom stereocenters. The summed E-state index contributed by atoms with van der Waals surface area (Å²) in [5.74, 6) is 0.0152. The fourth-order valence-electron chi connectivity index (χ4n) is 2.36. The number of pyridine rings is 1. The van der Waals surface area contributed by atoms with E-state index in [4.69, 9.17) is 0 Å². The Labute approximate surface area is 132 Å². The third kappa shape index (κ3) is 3.39. The van der Waals surface area contributed by atoms with E-state index in [1.807, 2.05) is 0 Å². The van der Waals surface area contributed by atoms with Crippen molar-refractivity contribution in [1.29, 1.82) is 0 Å². The number of rotatable bonds is 5. The summed E-state index contributed by atoms with van der Waals surface area (Å²) in [6, 6.07) is 6.40. The lowest BCUT2D eigenvalue weighted by atomic mass is 10.2. The molecule has 7 nitrogen and oxygen atoms in total. The molecule has 0 unspecified atom stereocenters. The first-order valence-electron chi connectivity index (χ1n) is 7.58. The van der Waals surface area contributed by atoms with Gasteiger partial charge in [-0.15, -0.1) is 0 Å². The van der Waals surface area contributed by atoms with Crippen LogP contribution in [0.25, 0.3) is 0 Å². The van der Waals surface area contributed by atoms with Crippen LogP contribution in [-0.4, -0.2) is 26.8 Å². The molecule has 23 heavy (non-hydrogen) atoms. The fourth-order valence-corrected chi connectivity index (χ4v) is 2.36. The van der Waals surface area contributed by atoms with Crippen LogP contribution in [0.1, 0.15) is 34.8 Å². The van der Waals surface area contributed by atoms with E-state index in [0.29, 0.717) is 5.92 Å². The lowest BCUT2D eigenvalue weighted by Gasteiger charge is -2.08. The molecule has 2 aromatic heterocycles. The molecule has 3 rings (SSSR count). The standard InChI is InChI=1S/C16H18N4O3/c1-19-9-2-3-12(16(19)23)15(22)17-8-10-20-14(21)7-6-13(18-20)11-4-5-11/h2-3,6-7,9,11H,4-5,8,10H2,1H3,(H,17,22). The second kappa shape index (κ2) is 6.20. The predicted molar refractivity (Wildman–Crippen MR) is 84.5 cm³/mol. The van der Waals surface area contributed by atoms with Crippen LogP contribution >= 0.6 is 0 Å². The molecule has 0 radical (unpaired) electrons. The van der Waals surface area contributed by atoms with Crippen molar-refractivity contribution in [3.8, 4) is 0 Å². The van der Waals surface area contributed by atoms with Crippen LogP contribution < -0.4 is 16.4 Å². The van der Waals surface area contributed by atoms with E-state index in [1.54, 1.807) is 25.4 Å². The summed E-state index contributed by atoms with van der Waals surface area (Å²) in [7, 11) is 1.59. The van der Waals surface area contributed by atoms with Crippen LogP contribution in [0.3, 0.4) is 0 Å². The molecule has 1 aliphatic carbocycles. The Morgan fingerprint density at radius 3 is 2.83 bits per heavy atom. The maximum absolute atomic E-state index is 12.0. The van der Waals surface area contributed by atoms with Crippen LogP contribution in [0.2, 0.25) is 0 Å². The van der Waals surface area contributed by atoms with Gasteiger partial charge in [-0.25, -0.2) is 4.68 Å². The van der Waals surface area contributed by atoms with Gasteiger partial charge in [0.1, 0.15) is 5.56 Å². The highest BCUT2D eigenvalue weighted by Crippen LogP contribution is 2.38. The maximum Gasteiger partial charge on any atom is 0.266 e. The number of carbonyl (C=O) groups is 1. The van der Waals surface area contributed by atoms with Gasteiger partial charge < -0.3 is 9.88 Å². The van der Waals surface area contributed by atoms with Crippen LogP contribution in [0, 0.1) is 0 Å². The summed E-state index contributed by atoms with van der Waals surface area (Å²) < 4.78 is 2.71. The second-order valence-electron chi connectivity index (χ2n) is 5.69. The van der Waals surface area contributed by atoms with Crippen molar-refractivity contribution in [2.24, 2.45) is 7.05 Å². The number of carbonyl (C=O) groups excluding carboxylic acids is 1. The summed E-state index contributed by atoms with van der Waals surface area (Å²) in [6.07, 6.45) is 3.81. The van der Waals surface area contributed by atoms with Crippen molar-refractivity contribution in [2.75, 3.05) is 6.54 Å². The van der Waals surface area contributed by atoms with Crippen molar-refractivity contribution in [3.05, 3.63) is 62.4 Å². The summed E-state index contributed by atoms with van der Waals surface area (Å²) in [6.45, 7) is 0.510. The highest BCUT2D eigenvalue weighted by atomic mass is 16.2. The molecular formula is C16H18N4O3. The Hall–Kier alpha value is -2.70. The van der Waals surface area contributed by atoms with E-state index in [9.17, 15) is 14.4 Å². The molecule has 2 aromatic rings. The van der Waals surface area contributed by atoms with Gasteiger partial charge in [-0.2, -0.15) is 5.10 Å². The van der Waals surface area contributed by atoms with Crippen molar-refractivity contribution in [2.45, 2.75) is 25.3 Å². The maximum atomic E-state index is 12.0. The SMILES string of the molecule is Cn1cccc(C(=O)NCCn2nc(C3CC3)ccc2=O)c1=O. The molecule has 1 amide bonds. The minimum Gasteiger partial charge on any atom is -0.350 e. The normalized spacial score (nSPS) is 13.8. The van der Waals surface area contributed by atoms with Gasteiger partial charge in [-0.1, -0.05) is 0 Å². The highest BCUT2D eigenvalue weighted by molar-refractivity contribution is 5.93. The molecule has 0 bridgehead atoms. The number of hydrogen-bond acceptors (Lipinski definition) is 4. The van der Waals surface area contributed by atoms with Crippen molar-refractivity contribution in [3.63, 3.8) is 0 Å². The van der Waals surface area contributed by atoms with Crippen LogP contribution in [0.15, 0.2) is 40.1 Å². The molecule has 1 aliphatic rings. The van der Waals surface area contributed by atoms with Crippen molar-refractivity contribution in [1.82, 2.24) is 19.7 Å². The third-order valence-electron chi connectivity index (χ3n) is 3.86. The van der Waals surface area contributed by atoms with Gasteiger partial charge >= 0.3 is 0 Å². The minimum absolute atomic E-state index is 0.0852. The Morgan fingerprint density at radius 1 is 1.30 bits per heavy atom. The highest BCUT2D eigenvalue weighted by Gasteiger charge is 2.25. The van der Waals surface area contributed by atoms with Crippen molar-refractivity contribution < 1.29 is 4.79 Å². The Morgan fingerprint density at radius 2 is 2.09 bits per heavy atom. The Balaban J connectivity index is 1.64. The number of amides is 1. The lowest BCUT2D eigenvalue weighted by Crippen LogP contribution is -2.35. The van der Waals surface area contributed by atoms with Gasteiger partial charge in [0, 0.05) is 31.8 Å². The molecule has 2 heterocycles. The minimum atomic E-state index is -0.447. The van der Waals surface area contributed by atoms with Gasteiger partial charge in [-0.3, -0.25) is 14.4 Å². The van der Waals surface area contributed by atoms with Gasteiger partial charge in [0.05, 0.1) is 12.2 Å². The van der Waals surface area contributed by atoms with E-state index < -0.39 is 5.91 Å². The molecule has 1 saturated carbocycles. The largest absolute Gasteiger partial charge is 0.350 e. The molecule has 0 spiro atoms. The summed E-state index contributed by atoms with van der Waals surface area (Å²) in [4.78, 5) is 35.7. The van der Waals surface area contributed by atoms with Crippen LogP contribution in [-0.2, 0) is 13.6 Å². The molecular weight excluding hydrogens is 296 g/mol. The number of nitrogens with one attached hydrogen (secondary N) is 1. The number of hydrogen-bond donors (Lipinski definition) is 1. The zero-order valence-electron chi connectivity index (χ0n) is 12.9. The number of aryl methyl sites for hydroxylation is 1. The van der Waals surface area contributed by atoms with E-state index in [-0.39, 0.29) is 29.8 Å². The first kappa shape index (κ1) is 15.2. The van der Waals surface area contributed by atoms with Gasteiger partial charge in [-0.05, 0) is 31.0 Å². The second-order valence-corrected chi connectivity index (χ2v) is 5.69. The quantitative estimate of drug-likeness (QED) is 0.857. The Kier molecular flexibility index (Phi) is 4.10. The molecule has 1 N–H and O–H groups in total. The smallest absolute Gasteiger partial charge is 0.266 e. The predicted octanol–water partition coefficient (Wildman–Crippen LogP) is 0.249. The molecule has 0 aromatic carbocycles. The summed E-state index contributed by atoms with van der Waals surface area (Å²) in [5.41, 5.74) is 0.463. The van der Waals surface area contributed by atoms with Crippen LogP contribution in [0.5, 0.6) is 0 Å². The first-order chi connectivity index (χ1) is 11.1.